The molecule has 16 heavy (non-hydrogen) atoms. The number of halogens is 1. The van der Waals surface area contributed by atoms with Crippen LogP contribution in [0.2, 0.25) is 4.34 Å². The van der Waals surface area contributed by atoms with Crippen LogP contribution in [0.15, 0.2) is 29.2 Å². The molecule has 0 atom stereocenters. The Morgan fingerprint density at radius 1 is 1.44 bits per heavy atom. The van der Waals surface area contributed by atoms with Crippen LogP contribution in [-0.2, 0) is 0 Å². The summed E-state index contributed by atoms with van der Waals surface area (Å²) >= 11 is 7.19. The van der Waals surface area contributed by atoms with Crippen LogP contribution >= 0.6 is 22.9 Å². The molecular formula is C11H7ClN2OS. The van der Waals surface area contributed by atoms with E-state index in [2.05, 4.69) is 4.98 Å². The van der Waals surface area contributed by atoms with Gasteiger partial charge in [-0.15, -0.1) is 0 Å². The maximum Gasteiger partial charge on any atom is 0.266 e. The van der Waals surface area contributed by atoms with Crippen LogP contribution in [0.3, 0.4) is 0 Å². The van der Waals surface area contributed by atoms with Gasteiger partial charge in [0.05, 0.1) is 10.9 Å². The summed E-state index contributed by atoms with van der Waals surface area (Å²) < 4.78 is 2.07. The molecular weight excluding hydrogens is 244 g/mol. The number of hydrogen-bond acceptors (Lipinski definition) is 3. The lowest BCUT2D eigenvalue weighted by atomic mass is 10.1. The van der Waals surface area contributed by atoms with Crippen LogP contribution in [0.5, 0.6) is 0 Å². The van der Waals surface area contributed by atoms with Crippen LogP contribution in [0.4, 0.5) is 0 Å². The maximum absolute atomic E-state index is 12.2. The highest BCUT2D eigenvalue weighted by Crippen LogP contribution is 2.22. The van der Waals surface area contributed by atoms with E-state index in [1.807, 2.05) is 25.1 Å². The number of hydrogen-bond donors (Lipinski definition) is 0. The molecule has 0 spiro atoms. The van der Waals surface area contributed by atoms with Gasteiger partial charge < -0.3 is 0 Å². The van der Waals surface area contributed by atoms with Crippen molar-refractivity contribution in [1.82, 2.24) is 9.38 Å². The monoisotopic (exact) mass is 250 g/mol. The Labute approximate surface area is 99.9 Å². The van der Waals surface area contributed by atoms with Gasteiger partial charge in [0, 0.05) is 6.20 Å². The van der Waals surface area contributed by atoms with Gasteiger partial charge in [-0.25, -0.2) is 4.98 Å². The maximum atomic E-state index is 12.2. The molecule has 0 saturated heterocycles. The average Bonchev–Trinajstić information content (AvgIpc) is 2.59. The van der Waals surface area contributed by atoms with Crippen LogP contribution in [0, 0.1) is 6.92 Å². The molecule has 0 bridgehead atoms. The fraction of sp³-hybridized carbons (Fsp3) is 0.0909. The summed E-state index contributed by atoms with van der Waals surface area (Å²) in [5.41, 5.74) is 1.61. The van der Waals surface area contributed by atoms with E-state index in [-0.39, 0.29) is 5.56 Å². The predicted molar refractivity (Wildman–Crippen MR) is 66.6 cm³/mol. The lowest BCUT2D eigenvalue weighted by molar-refractivity contribution is 1.11. The van der Waals surface area contributed by atoms with E-state index in [4.69, 9.17) is 11.6 Å². The molecule has 0 fully saturated rings. The third kappa shape index (κ3) is 1.27. The molecule has 0 amide bonds. The summed E-state index contributed by atoms with van der Waals surface area (Å²) in [6.45, 7) is 1.91. The molecule has 0 saturated carbocycles. The van der Waals surface area contributed by atoms with E-state index < -0.39 is 0 Å². The highest BCUT2D eigenvalue weighted by Gasteiger charge is 2.09. The largest absolute Gasteiger partial charge is 0.268 e. The number of nitrogens with zero attached hydrogens (tertiary/aromatic N) is 2. The Bertz CT molecular complexity index is 760. The van der Waals surface area contributed by atoms with E-state index >= 15 is 0 Å². The van der Waals surface area contributed by atoms with E-state index in [0.717, 1.165) is 11.1 Å². The smallest absolute Gasteiger partial charge is 0.266 e. The lowest BCUT2D eigenvalue weighted by Gasteiger charge is -2.00. The van der Waals surface area contributed by atoms with Crippen molar-refractivity contribution in [3.05, 3.63) is 44.6 Å². The van der Waals surface area contributed by atoms with Gasteiger partial charge in [0.1, 0.15) is 4.34 Å². The minimum absolute atomic E-state index is 0.0544. The molecule has 0 unspecified atom stereocenters. The molecule has 0 aliphatic carbocycles. The van der Waals surface area contributed by atoms with Crippen molar-refractivity contribution in [3.63, 3.8) is 0 Å². The molecule has 2 heterocycles. The van der Waals surface area contributed by atoms with Crippen molar-refractivity contribution in [2.24, 2.45) is 0 Å². The normalized spacial score (nSPS) is 11.4. The Hall–Kier alpha value is -1.39. The molecule has 3 rings (SSSR count). The third-order valence-electron chi connectivity index (χ3n) is 2.53. The number of fused-ring (bicyclic) bond motifs is 2. The summed E-state index contributed by atoms with van der Waals surface area (Å²) in [6.07, 6.45) is 1.61. The first kappa shape index (κ1) is 9.81. The molecule has 3 aromatic rings. The second-order valence-corrected chi connectivity index (χ2v) is 5.21. The van der Waals surface area contributed by atoms with E-state index in [0.29, 0.717) is 14.7 Å². The molecule has 2 aromatic heterocycles. The molecule has 0 radical (unpaired) electrons. The molecule has 3 nitrogen and oxygen atoms in total. The van der Waals surface area contributed by atoms with Gasteiger partial charge in [0.2, 0.25) is 0 Å². The first-order valence-corrected chi connectivity index (χ1v) is 5.93. The highest BCUT2D eigenvalue weighted by atomic mass is 35.5. The number of thiazole rings is 1. The zero-order valence-corrected chi connectivity index (χ0v) is 9.97. The summed E-state index contributed by atoms with van der Waals surface area (Å²) in [7, 11) is 0. The SMILES string of the molecule is Cc1cccc2nc3sc(Cl)cn3c(=O)c12. The van der Waals surface area contributed by atoms with Crippen LogP contribution < -0.4 is 5.56 Å². The standard InChI is InChI=1S/C11H7ClN2OS/c1-6-3-2-4-7-9(6)10(15)14-5-8(12)16-11(14)13-7/h2-5H,1H3. The van der Waals surface area contributed by atoms with Crippen LogP contribution in [-0.4, -0.2) is 9.38 Å². The fourth-order valence-corrected chi connectivity index (χ4v) is 2.80. The topological polar surface area (TPSA) is 34.4 Å². The zero-order valence-electron chi connectivity index (χ0n) is 8.40. The van der Waals surface area contributed by atoms with Gasteiger partial charge in [0.15, 0.2) is 4.96 Å². The van der Waals surface area contributed by atoms with E-state index in [9.17, 15) is 4.79 Å². The second kappa shape index (κ2) is 3.30. The minimum atomic E-state index is -0.0544. The Kier molecular flexibility index (Phi) is 2.02. The van der Waals surface area contributed by atoms with Crippen molar-refractivity contribution in [3.8, 4) is 0 Å². The van der Waals surface area contributed by atoms with Crippen molar-refractivity contribution in [2.75, 3.05) is 0 Å². The average molecular weight is 251 g/mol. The van der Waals surface area contributed by atoms with Crippen molar-refractivity contribution in [2.45, 2.75) is 6.92 Å². The highest BCUT2D eigenvalue weighted by molar-refractivity contribution is 7.20. The first-order valence-electron chi connectivity index (χ1n) is 4.74. The van der Waals surface area contributed by atoms with E-state index in [1.165, 1.54) is 15.7 Å². The molecule has 0 N–H and O–H groups in total. The van der Waals surface area contributed by atoms with Gasteiger partial charge in [-0.1, -0.05) is 35.1 Å². The number of rotatable bonds is 0. The van der Waals surface area contributed by atoms with Crippen LogP contribution in [0.1, 0.15) is 5.56 Å². The molecule has 5 heteroatoms. The number of benzene rings is 1. The Morgan fingerprint density at radius 2 is 2.25 bits per heavy atom. The fourth-order valence-electron chi connectivity index (χ4n) is 1.79. The zero-order chi connectivity index (χ0) is 11.3. The summed E-state index contributed by atoms with van der Waals surface area (Å²) in [4.78, 5) is 17.2. The molecule has 80 valence electrons. The number of aryl methyl sites for hydroxylation is 1. The molecule has 0 aliphatic heterocycles. The lowest BCUT2D eigenvalue weighted by Crippen LogP contribution is -2.13. The summed E-state index contributed by atoms with van der Waals surface area (Å²) in [5, 5.41) is 0.662. The van der Waals surface area contributed by atoms with Crippen molar-refractivity contribution < 1.29 is 0 Å². The van der Waals surface area contributed by atoms with Crippen molar-refractivity contribution >= 4 is 38.8 Å². The van der Waals surface area contributed by atoms with Gasteiger partial charge in [0.25, 0.3) is 5.56 Å². The quantitative estimate of drug-likeness (QED) is 0.615. The summed E-state index contributed by atoms with van der Waals surface area (Å²) in [6, 6.07) is 5.65. The predicted octanol–water partition coefficient (Wildman–Crippen LogP) is 2.87. The van der Waals surface area contributed by atoms with Gasteiger partial charge in [-0.05, 0) is 18.6 Å². The molecule has 1 aromatic carbocycles. The summed E-state index contributed by atoms with van der Waals surface area (Å²) in [5.74, 6) is 0. The van der Waals surface area contributed by atoms with Gasteiger partial charge in [-0.2, -0.15) is 0 Å². The third-order valence-corrected chi connectivity index (χ3v) is 3.63. The van der Waals surface area contributed by atoms with Gasteiger partial charge in [-0.3, -0.25) is 9.20 Å². The van der Waals surface area contributed by atoms with E-state index in [1.54, 1.807) is 6.20 Å². The minimum Gasteiger partial charge on any atom is -0.268 e. The number of aromatic nitrogens is 2. The second-order valence-electron chi connectivity index (χ2n) is 3.57. The van der Waals surface area contributed by atoms with Crippen LogP contribution in [0.25, 0.3) is 15.9 Å². The van der Waals surface area contributed by atoms with Gasteiger partial charge >= 0.3 is 0 Å². The first-order chi connectivity index (χ1) is 7.66. The Morgan fingerprint density at radius 3 is 3.06 bits per heavy atom. The van der Waals surface area contributed by atoms with Crippen molar-refractivity contribution in [1.29, 1.82) is 0 Å². The Balaban J connectivity index is 2.66. The molecule has 0 aliphatic rings.